The molecule has 5 nitrogen and oxygen atoms in total. The fraction of sp³-hybridized carbons (Fsp3) is 0.462. The van der Waals surface area contributed by atoms with Crippen LogP contribution in [0.25, 0.3) is 0 Å². The number of nitrogens with zero attached hydrogens (tertiary/aromatic N) is 2. The molecule has 0 fully saturated rings. The van der Waals surface area contributed by atoms with Gasteiger partial charge < -0.3 is 11.1 Å². The number of thiazole rings is 2. The van der Waals surface area contributed by atoms with Crippen molar-refractivity contribution in [2.24, 2.45) is 5.73 Å². The lowest BCUT2D eigenvalue weighted by atomic mass is 10.3. The number of nitrogens with two attached hydrogens (primary N) is 1. The van der Waals surface area contributed by atoms with Gasteiger partial charge in [-0.25, -0.2) is 9.97 Å². The van der Waals surface area contributed by atoms with Crippen LogP contribution in [0.5, 0.6) is 0 Å². The Labute approximate surface area is 126 Å². The summed E-state index contributed by atoms with van der Waals surface area (Å²) < 4.78 is 0. The van der Waals surface area contributed by atoms with Gasteiger partial charge in [-0.05, 0) is 13.5 Å². The number of nitrogens with one attached hydrogen (secondary N) is 1. The van der Waals surface area contributed by atoms with Crippen molar-refractivity contribution >= 4 is 28.6 Å². The summed E-state index contributed by atoms with van der Waals surface area (Å²) in [6, 6.07) is 0. The third-order valence-corrected chi connectivity index (χ3v) is 4.61. The predicted octanol–water partition coefficient (Wildman–Crippen LogP) is 1.31. The first-order valence-electron chi connectivity index (χ1n) is 6.48. The Hall–Kier alpha value is -1.31. The fourth-order valence-electron chi connectivity index (χ4n) is 1.72. The average Bonchev–Trinajstić information content (AvgIpc) is 3.00. The lowest BCUT2D eigenvalue weighted by Crippen LogP contribution is -2.27. The van der Waals surface area contributed by atoms with Crippen LogP contribution >= 0.6 is 22.7 Å². The van der Waals surface area contributed by atoms with E-state index in [1.807, 2.05) is 17.7 Å². The summed E-state index contributed by atoms with van der Waals surface area (Å²) in [6.45, 7) is 3.18. The molecule has 0 aliphatic heterocycles. The second kappa shape index (κ2) is 7.47. The minimum Gasteiger partial charge on any atom is -0.355 e. The van der Waals surface area contributed by atoms with Crippen molar-refractivity contribution in [1.82, 2.24) is 15.3 Å². The lowest BCUT2D eigenvalue weighted by molar-refractivity contribution is -0.120. The molecule has 2 aromatic heterocycles. The van der Waals surface area contributed by atoms with Crippen molar-refractivity contribution in [3.8, 4) is 0 Å². The molecule has 108 valence electrons. The summed E-state index contributed by atoms with van der Waals surface area (Å²) in [4.78, 5) is 20.5. The second-order valence-electron chi connectivity index (χ2n) is 4.43. The zero-order valence-electron chi connectivity index (χ0n) is 11.4. The van der Waals surface area contributed by atoms with Crippen molar-refractivity contribution in [3.05, 3.63) is 32.2 Å². The van der Waals surface area contributed by atoms with E-state index in [1.54, 1.807) is 22.7 Å². The summed E-state index contributed by atoms with van der Waals surface area (Å²) in [5.41, 5.74) is 7.33. The molecular weight excluding hydrogens is 292 g/mol. The molecule has 0 radical (unpaired) electrons. The highest BCUT2D eigenvalue weighted by Gasteiger charge is 2.07. The fourth-order valence-corrected chi connectivity index (χ4v) is 3.31. The van der Waals surface area contributed by atoms with E-state index in [0.717, 1.165) is 34.2 Å². The number of amides is 1. The molecule has 0 aliphatic carbocycles. The van der Waals surface area contributed by atoms with Crippen LogP contribution in [-0.4, -0.2) is 29.0 Å². The highest BCUT2D eigenvalue weighted by molar-refractivity contribution is 7.09. The molecule has 7 heteroatoms. The summed E-state index contributed by atoms with van der Waals surface area (Å²) in [5, 5.41) is 8.89. The summed E-state index contributed by atoms with van der Waals surface area (Å²) >= 11 is 3.19. The van der Waals surface area contributed by atoms with Gasteiger partial charge in [0.15, 0.2) is 0 Å². The average molecular weight is 310 g/mol. The van der Waals surface area contributed by atoms with Crippen LogP contribution in [-0.2, 0) is 24.1 Å². The number of carbonyl (C=O) groups excluding carboxylic acids is 1. The zero-order valence-corrected chi connectivity index (χ0v) is 13.0. The van der Waals surface area contributed by atoms with Crippen molar-refractivity contribution in [1.29, 1.82) is 0 Å². The molecule has 0 atom stereocenters. The van der Waals surface area contributed by atoms with E-state index >= 15 is 0 Å². The Morgan fingerprint density at radius 2 is 2.00 bits per heavy atom. The molecule has 1 amide bonds. The number of hydrogen-bond acceptors (Lipinski definition) is 6. The molecule has 0 saturated heterocycles. The van der Waals surface area contributed by atoms with Crippen LogP contribution in [0.15, 0.2) is 10.8 Å². The number of aromatic nitrogens is 2. The Balaban J connectivity index is 1.71. The molecule has 0 unspecified atom stereocenters. The highest BCUT2D eigenvalue weighted by Crippen LogP contribution is 2.11. The molecule has 0 bridgehead atoms. The Kier molecular flexibility index (Phi) is 5.63. The minimum atomic E-state index is 0.00266. The van der Waals surface area contributed by atoms with E-state index in [1.165, 1.54) is 0 Å². The summed E-state index contributed by atoms with van der Waals surface area (Å²) in [7, 11) is 0. The predicted molar refractivity (Wildman–Crippen MR) is 82.1 cm³/mol. The first-order chi connectivity index (χ1) is 9.67. The summed E-state index contributed by atoms with van der Waals surface area (Å²) in [5.74, 6) is 0.00266. The van der Waals surface area contributed by atoms with Crippen molar-refractivity contribution in [2.45, 2.75) is 26.2 Å². The maximum atomic E-state index is 11.8. The smallest absolute Gasteiger partial charge is 0.226 e. The van der Waals surface area contributed by atoms with E-state index in [9.17, 15) is 4.79 Å². The van der Waals surface area contributed by atoms with Gasteiger partial charge in [-0.1, -0.05) is 0 Å². The lowest BCUT2D eigenvalue weighted by Gasteiger charge is -2.02. The molecule has 0 spiro atoms. The molecule has 3 N–H and O–H groups in total. The van der Waals surface area contributed by atoms with Crippen LogP contribution in [0.4, 0.5) is 0 Å². The van der Waals surface area contributed by atoms with Gasteiger partial charge in [0, 0.05) is 35.8 Å². The van der Waals surface area contributed by atoms with E-state index in [2.05, 4.69) is 15.3 Å². The van der Waals surface area contributed by atoms with E-state index < -0.39 is 0 Å². The van der Waals surface area contributed by atoms with Gasteiger partial charge in [0.2, 0.25) is 5.91 Å². The maximum absolute atomic E-state index is 11.8. The first kappa shape index (κ1) is 15.1. The van der Waals surface area contributed by atoms with Gasteiger partial charge in [-0.3, -0.25) is 4.79 Å². The molecule has 20 heavy (non-hydrogen) atoms. The number of carbonyl (C=O) groups is 1. The first-order valence-corrected chi connectivity index (χ1v) is 8.24. The Bertz CT molecular complexity index is 564. The standard InChI is InChI=1S/C13H18N4OS2/c1-9-7-19-13(16-9)3-5-15-11(18)6-10-8-20-12(17-10)2-4-14/h7-8H,2-6,14H2,1H3,(H,15,18). The van der Waals surface area contributed by atoms with Crippen molar-refractivity contribution in [2.75, 3.05) is 13.1 Å². The topological polar surface area (TPSA) is 80.9 Å². The highest BCUT2D eigenvalue weighted by atomic mass is 32.1. The quantitative estimate of drug-likeness (QED) is 0.808. The van der Waals surface area contributed by atoms with Crippen LogP contribution in [0, 0.1) is 6.92 Å². The van der Waals surface area contributed by atoms with Crippen molar-refractivity contribution < 1.29 is 4.79 Å². The van der Waals surface area contributed by atoms with Crippen LogP contribution in [0.2, 0.25) is 0 Å². The summed E-state index contributed by atoms with van der Waals surface area (Å²) in [6.07, 6.45) is 1.88. The van der Waals surface area contributed by atoms with Crippen LogP contribution < -0.4 is 11.1 Å². The van der Waals surface area contributed by atoms with Crippen LogP contribution in [0.3, 0.4) is 0 Å². The maximum Gasteiger partial charge on any atom is 0.226 e. The SMILES string of the molecule is Cc1csc(CCNC(=O)Cc2csc(CCN)n2)n1. The van der Waals surface area contributed by atoms with E-state index in [0.29, 0.717) is 19.5 Å². The number of rotatable bonds is 7. The van der Waals surface area contributed by atoms with E-state index in [-0.39, 0.29) is 5.91 Å². The zero-order chi connectivity index (χ0) is 14.4. The second-order valence-corrected chi connectivity index (χ2v) is 6.32. The monoisotopic (exact) mass is 310 g/mol. The third kappa shape index (κ3) is 4.66. The Morgan fingerprint density at radius 1 is 1.25 bits per heavy atom. The molecule has 2 rings (SSSR count). The van der Waals surface area contributed by atoms with Gasteiger partial charge >= 0.3 is 0 Å². The minimum absolute atomic E-state index is 0.00266. The van der Waals surface area contributed by atoms with Gasteiger partial charge in [-0.2, -0.15) is 0 Å². The largest absolute Gasteiger partial charge is 0.355 e. The molecule has 0 aliphatic rings. The number of hydrogen-bond donors (Lipinski definition) is 2. The number of aryl methyl sites for hydroxylation is 1. The molecule has 0 aromatic carbocycles. The molecule has 2 aromatic rings. The van der Waals surface area contributed by atoms with Crippen molar-refractivity contribution in [3.63, 3.8) is 0 Å². The molecular formula is C13H18N4OS2. The molecule has 0 saturated carbocycles. The third-order valence-electron chi connectivity index (χ3n) is 2.63. The Morgan fingerprint density at radius 3 is 2.70 bits per heavy atom. The normalized spacial score (nSPS) is 10.7. The molecule has 2 heterocycles. The van der Waals surface area contributed by atoms with Gasteiger partial charge in [0.25, 0.3) is 0 Å². The van der Waals surface area contributed by atoms with Gasteiger partial charge in [0.05, 0.1) is 22.1 Å². The van der Waals surface area contributed by atoms with Crippen LogP contribution in [0.1, 0.15) is 21.4 Å². The van der Waals surface area contributed by atoms with Gasteiger partial charge in [-0.15, -0.1) is 22.7 Å². The van der Waals surface area contributed by atoms with Gasteiger partial charge in [0.1, 0.15) is 0 Å². The van der Waals surface area contributed by atoms with E-state index in [4.69, 9.17) is 5.73 Å².